The normalized spacial score (nSPS) is 38.3. The zero-order chi connectivity index (χ0) is 7.95. The summed E-state index contributed by atoms with van der Waals surface area (Å²) in [7, 11) is -2.70. The van der Waals surface area contributed by atoms with Crippen molar-refractivity contribution in [1.29, 1.82) is 0 Å². The molecule has 1 spiro atoms. The SMILES string of the molecule is Cl.O=S1(=O)CCC2(CCCN2)C1. The summed E-state index contributed by atoms with van der Waals surface area (Å²) in [5, 5.41) is 3.31. The fraction of sp³-hybridized carbons (Fsp3) is 1.00. The third kappa shape index (κ3) is 1.75. The molecule has 0 bridgehead atoms. The van der Waals surface area contributed by atoms with Crippen LogP contribution in [0.15, 0.2) is 0 Å². The van der Waals surface area contributed by atoms with Crippen LogP contribution in [0.5, 0.6) is 0 Å². The van der Waals surface area contributed by atoms with Crippen molar-refractivity contribution in [2.75, 3.05) is 18.1 Å². The lowest BCUT2D eigenvalue weighted by molar-refractivity contribution is 0.425. The van der Waals surface area contributed by atoms with Crippen LogP contribution in [0.3, 0.4) is 0 Å². The maximum absolute atomic E-state index is 11.2. The van der Waals surface area contributed by atoms with Gasteiger partial charge in [0.1, 0.15) is 0 Å². The van der Waals surface area contributed by atoms with Gasteiger partial charge in [0.15, 0.2) is 9.84 Å². The maximum atomic E-state index is 11.2. The molecule has 3 nitrogen and oxygen atoms in total. The lowest BCUT2D eigenvalue weighted by Crippen LogP contribution is -2.40. The summed E-state index contributed by atoms with van der Waals surface area (Å²) < 4.78 is 22.3. The van der Waals surface area contributed by atoms with Crippen LogP contribution in [-0.4, -0.2) is 32.0 Å². The molecule has 1 N–H and O–H groups in total. The molecule has 0 aromatic rings. The topological polar surface area (TPSA) is 46.2 Å². The molecule has 2 saturated heterocycles. The van der Waals surface area contributed by atoms with E-state index >= 15 is 0 Å². The molecule has 0 aromatic heterocycles. The molecule has 0 aromatic carbocycles. The minimum Gasteiger partial charge on any atom is -0.310 e. The van der Waals surface area contributed by atoms with Crippen LogP contribution in [-0.2, 0) is 9.84 Å². The highest BCUT2D eigenvalue weighted by Crippen LogP contribution is 2.31. The van der Waals surface area contributed by atoms with Gasteiger partial charge in [-0.25, -0.2) is 8.42 Å². The summed E-state index contributed by atoms with van der Waals surface area (Å²) in [6.45, 7) is 0.996. The second kappa shape index (κ2) is 3.16. The summed E-state index contributed by atoms with van der Waals surface area (Å²) in [5.41, 5.74) is -0.0150. The molecule has 2 aliphatic heterocycles. The molecular weight excluding hydrogens is 198 g/mol. The van der Waals surface area contributed by atoms with Crippen molar-refractivity contribution in [2.24, 2.45) is 0 Å². The van der Waals surface area contributed by atoms with E-state index < -0.39 is 9.84 Å². The molecule has 0 amide bonds. The molecule has 5 heteroatoms. The quantitative estimate of drug-likeness (QED) is 0.629. The second-order valence-electron chi connectivity index (χ2n) is 3.65. The first-order chi connectivity index (χ1) is 5.12. The van der Waals surface area contributed by atoms with E-state index in [1.165, 1.54) is 0 Å². The van der Waals surface area contributed by atoms with Gasteiger partial charge in [0.25, 0.3) is 0 Å². The van der Waals surface area contributed by atoms with Gasteiger partial charge in [-0.15, -0.1) is 12.4 Å². The van der Waals surface area contributed by atoms with Crippen LogP contribution in [0.25, 0.3) is 0 Å². The zero-order valence-corrected chi connectivity index (χ0v) is 8.51. The average Bonchev–Trinajstić information content (AvgIpc) is 2.43. The summed E-state index contributed by atoms with van der Waals surface area (Å²) in [6.07, 6.45) is 3.01. The minimum absolute atomic E-state index is 0. The number of hydrogen-bond acceptors (Lipinski definition) is 3. The smallest absolute Gasteiger partial charge is 0.152 e. The Kier molecular flexibility index (Phi) is 2.71. The number of sulfone groups is 1. The Labute approximate surface area is 79.2 Å². The molecule has 2 heterocycles. The van der Waals surface area contributed by atoms with Crippen molar-refractivity contribution < 1.29 is 8.42 Å². The van der Waals surface area contributed by atoms with E-state index in [0.717, 1.165) is 25.8 Å². The molecule has 2 fully saturated rings. The Balaban J connectivity index is 0.000000720. The molecular formula is C7H14ClNO2S. The van der Waals surface area contributed by atoms with Crippen LogP contribution >= 0.6 is 12.4 Å². The van der Waals surface area contributed by atoms with Crippen LogP contribution in [0.4, 0.5) is 0 Å². The fourth-order valence-electron chi connectivity index (χ4n) is 2.12. The van der Waals surface area contributed by atoms with Crippen molar-refractivity contribution in [3.8, 4) is 0 Å². The van der Waals surface area contributed by atoms with Crippen molar-refractivity contribution in [3.63, 3.8) is 0 Å². The monoisotopic (exact) mass is 211 g/mol. The van der Waals surface area contributed by atoms with Gasteiger partial charge in [-0.05, 0) is 25.8 Å². The molecule has 1 atom stereocenters. The molecule has 0 saturated carbocycles. The number of nitrogens with one attached hydrogen (secondary N) is 1. The van der Waals surface area contributed by atoms with Gasteiger partial charge < -0.3 is 5.32 Å². The van der Waals surface area contributed by atoms with Gasteiger partial charge in [-0.2, -0.15) is 0 Å². The van der Waals surface area contributed by atoms with Crippen molar-refractivity contribution in [2.45, 2.75) is 24.8 Å². The van der Waals surface area contributed by atoms with Gasteiger partial charge in [0.05, 0.1) is 11.5 Å². The molecule has 0 aliphatic carbocycles. The molecule has 0 radical (unpaired) electrons. The second-order valence-corrected chi connectivity index (χ2v) is 5.84. The van der Waals surface area contributed by atoms with E-state index in [4.69, 9.17) is 0 Å². The number of hydrogen-bond donors (Lipinski definition) is 1. The maximum Gasteiger partial charge on any atom is 0.152 e. The van der Waals surface area contributed by atoms with Gasteiger partial charge in [0, 0.05) is 5.54 Å². The highest BCUT2D eigenvalue weighted by molar-refractivity contribution is 7.91. The van der Waals surface area contributed by atoms with E-state index in [1.807, 2.05) is 0 Å². The zero-order valence-electron chi connectivity index (χ0n) is 6.88. The molecule has 1 unspecified atom stereocenters. The largest absolute Gasteiger partial charge is 0.310 e. The fourth-order valence-corrected chi connectivity index (χ4v) is 4.20. The Morgan fingerprint density at radius 3 is 2.42 bits per heavy atom. The first-order valence-electron chi connectivity index (χ1n) is 4.07. The summed E-state index contributed by atoms with van der Waals surface area (Å²) in [5.74, 6) is 0.764. The van der Waals surface area contributed by atoms with Crippen LogP contribution in [0.1, 0.15) is 19.3 Å². The third-order valence-electron chi connectivity index (χ3n) is 2.72. The van der Waals surface area contributed by atoms with E-state index in [2.05, 4.69) is 5.32 Å². The molecule has 2 rings (SSSR count). The molecule has 2 aliphatic rings. The lowest BCUT2D eigenvalue weighted by atomic mass is 9.97. The van der Waals surface area contributed by atoms with Gasteiger partial charge in [-0.3, -0.25) is 0 Å². The molecule has 12 heavy (non-hydrogen) atoms. The number of halogens is 1. The van der Waals surface area contributed by atoms with Crippen molar-refractivity contribution in [3.05, 3.63) is 0 Å². The summed E-state index contributed by atoms with van der Waals surface area (Å²) in [6, 6.07) is 0. The third-order valence-corrected chi connectivity index (χ3v) is 4.54. The predicted octanol–water partition coefficient (Wildman–Crippen LogP) is 0.349. The number of rotatable bonds is 0. The standard InChI is InChI=1S/C7H13NO2S.ClH/c9-11(10)5-3-7(6-11)2-1-4-8-7;/h8H,1-6H2;1H. The minimum atomic E-state index is -2.70. The Morgan fingerprint density at radius 2 is 2.00 bits per heavy atom. The highest BCUT2D eigenvalue weighted by atomic mass is 35.5. The van der Waals surface area contributed by atoms with Crippen molar-refractivity contribution >= 4 is 22.2 Å². The van der Waals surface area contributed by atoms with Gasteiger partial charge >= 0.3 is 0 Å². The molecule has 72 valence electrons. The van der Waals surface area contributed by atoms with E-state index in [9.17, 15) is 8.42 Å². The first kappa shape index (κ1) is 10.3. The van der Waals surface area contributed by atoms with Crippen LogP contribution in [0, 0.1) is 0 Å². The average molecular weight is 212 g/mol. The van der Waals surface area contributed by atoms with Crippen LogP contribution in [0.2, 0.25) is 0 Å². The van der Waals surface area contributed by atoms with E-state index in [1.54, 1.807) is 0 Å². The highest BCUT2D eigenvalue weighted by Gasteiger charge is 2.43. The summed E-state index contributed by atoms with van der Waals surface area (Å²) >= 11 is 0. The van der Waals surface area contributed by atoms with Crippen LogP contribution < -0.4 is 5.32 Å². The van der Waals surface area contributed by atoms with Crippen molar-refractivity contribution in [1.82, 2.24) is 5.32 Å². The Hall–Kier alpha value is 0.200. The van der Waals surface area contributed by atoms with E-state index in [-0.39, 0.29) is 17.9 Å². The Morgan fingerprint density at radius 1 is 1.25 bits per heavy atom. The lowest BCUT2D eigenvalue weighted by Gasteiger charge is -2.20. The van der Waals surface area contributed by atoms with Gasteiger partial charge in [0.2, 0.25) is 0 Å². The predicted molar refractivity (Wildman–Crippen MR) is 50.5 cm³/mol. The van der Waals surface area contributed by atoms with E-state index in [0.29, 0.717) is 11.5 Å². The Bertz CT molecular complexity index is 257. The van der Waals surface area contributed by atoms with Gasteiger partial charge in [-0.1, -0.05) is 0 Å². The summed E-state index contributed by atoms with van der Waals surface area (Å²) in [4.78, 5) is 0. The first-order valence-corrected chi connectivity index (χ1v) is 5.90.